The molecule has 1 unspecified atom stereocenters. The zero-order chi connectivity index (χ0) is 14.8. The molecular weight excluding hydrogens is 266 g/mol. The Hall–Kier alpha value is -2.17. The summed E-state index contributed by atoms with van der Waals surface area (Å²) in [6, 6.07) is 5.92. The fourth-order valence-electron chi connectivity index (χ4n) is 2.56. The van der Waals surface area contributed by atoms with E-state index in [0.717, 1.165) is 41.2 Å². The second kappa shape index (κ2) is 5.68. The van der Waals surface area contributed by atoms with E-state index < -0.39 is 0 Å². The van der Waals surface area contributed by atoms with Crippen LogP contribution in [0.4, 0.5) is 5.82 Å². The number of nitrogen functional groups attached to an aromatic ring is 1. The molecule has 1 atom stereocenters. The fraction of sp³-hybridized carbons (Fsp3) is 0.438. The van der Waals surface area contributed by atoms with E-state index in [2.05, 4.69) is 24.0 Å². The van der Waals surface area contributed by atoms with E-state index in [1.54, 1.807) is 0 Å². The SMILES string of the molecule is CCC(C)Cc1[nH]nc(N)c1-c1ccc2c(c1)OCCO2. The molecule has 2 aromatic rings. The van der Waals surface area contributed by atoms with Crippen molar-refractivity contribution in [2.24, 2.45) is 5.92 Å². The van der Waals surface area contributed by atoms with Crippen LogP contribution in [0.3, 0.4) is 0 Å². The summed E-state index contributed by atoms with van der Waals surface area (Å²) in [6.45, 7) is 5.59. The summed E-state index contributed by atoms with van der Waals surface area (Å²) in [4.78, 5) is 0. The molecule has 0 radical (unpaired) electrons. The standard InChI is InChI=1S/C16H21N3O2/c1-3-10(2)8-12-15(16(17)19-18-12)11-4-5-13-14(9-11)21-7-6-20-13/h4-5,9-10H,3,6-8H2,1-2H3,(H3,17,18,19). The molecule has 1 aromatic carbocycles. The van der Waals surface area contributed by atoms with Gasteiger partial charge >= 0.3 is 0 Å². The number of rotatable bonds is 4. The van der Waals surface area contributed by atoms with E-state index in [0.29, 0.717) is 24.9 Å². The molecule has 1 aromatic heterocycles. The fourth-order valence-corrected chi connectivity index (χ4v) is 2.56. The van der Waals surface area contributed by atoms with Crippen LogP contribution in [0.2, 0.25) is 0 Å². The van der Waals surface area contributed by atoms with Crippen molar-refractivity contribution in [2.75, 3.05) is 18.9 Å². The third kappa shape index (κ3) is 2.68. The maximum Gasteiger partial charge on any atom is 0.161 e. The lowest BCUT2D eigenvalue weighted by molar-refractivity contribution is 0.171. The summed E-state index contributed by atoms with van der Waals surface area (Å²) < 4.78 is 11.2. The van der Waals surface area contributed by atoms with Crippen LogP contribution in [0.25, 0.3) is 11.1 Å². The molecule has 0 saturated heterocycles. The number of hydrogen-bond acceptors (Lipinski definition) is 4. The van der Waals surface area contributed by atoms with Gasteiger partial charge in [0, 0.05) is 11.3 Å². The Morgan fingerprint density at radius 1 is 1.29 bits per heavy atom. The van der Waals surface area contributed by atoms with Gasteiger partial charge in [0.15, 0.2) is 17.3 Å². The largest absolute Gasteiger partial charge is 0.486 e. The Kier molecular flexibility index (Phi) is 3.73. The van der Waals surface area contributed by atoms with Gasteiger partial charge < -0.3 is 15.2 Å². The number of nitrogens with zero attached hydrogens (tertiary/aromatic N) is 1. The van der Waals surface area contributed by atoms with E-state index in [-0.39, 0.29) is 0 Å². The Balaban J connectivity index is 1.98. The van der Waals surface area contributed by atoms with E-state index >= 15 is 0 Å². The highest BCUT2D eigenvalue weighted by Gasteiger charge is 2.18. The first-order valence-corrected chi connectivity index (χ1v) is 7.41. The number of aromatic nitrogens is 2. The monoisotopic (exact) mass is 287 g/mol. The predicted molar refractivity (Wildman–Crippen MR) is 82.6 cm³/mol. The molecule has 3 N–H and O–H groups in total. The van der Waals surface area contributed by atoms with E-state index in [9.17, 15) is 0 Å². The normalized spacial score (nSPS) is 15.0. The lowest BCUT2D eigenvalue weighted by atomic mass is 9.97. The van der Waals surface area contributed by atoms with Gasteiger partial charge in [-0.15, -0.1) is 0 Å². The van der Waals surface area contributed by atoms with Gasteiger partial charge in [-0.05, 0) is 30.0 Å². The van der Waals surface area contributed by atoms with Crippen LogP contribution in [0.15, 0.2) is 18.2 Å². The molecule has 0 aliphatic carbocycles. The quantitative estimate of drug-likeness (QED) is 0.906. The summed E-state index contributed by atoms with van der Waals surface area (Å²) in [7, 11) is 0. The Bertz CT molecular complexity index is 636. The second-order valence-electron chi connectivity index (χ2n) is 5.54. The molecule has 0 spiro atoms. The molecule has 0 fully saturated rings. The number of nitrogens with two attached hydrogens (primary N) is 1. The zero-order valence-corrected chi connectivity index (χ0v) is 12.5. The van der Waals surface area contributed by atoms with Gasteiger partial charge in [-0.3, -0.25) is 5.10 Å². The minimum atomic E-state index is 0.532. The van der Waals surface area contributed by atoms with Crippen LogP contribution >= 0.6 is 0 Å². The number of benzene rings is 1. The molecule has 1 aliphatic heterocycles. The van der Waals surface area contributed by atoms with Crippen molar-refractivity contribution in [1.82, 2.24) is 10.2 Å². The molecule has 5 heteroatoms. The van der Waals surface area contributed by atoms with Crippen molar-refractivity contribution >= 4 is 5.82 Å². The lowest BCUT2D eigenvalue weighted by Crippen LogP contribution is -2.15. The summed E-state index contributed by atoms with van der Waals surface area (Å²) >= 11 is 0. The van der Waals surface area contributed by atoms with E-state index in [1.165, 1.54) is 0 Å². The van der Waals surface area contributed by atoms with Gasteiger partial charge in [-0.1, -0.05) is 26.3 Å². The molecule has 2 heterocycles. The average molecular weight is 287 g/mol. The predicted octanol–water partition coefficient (Wildman–Crippen LogP) is 3.02. The third-order valence-electron chi connectivity index (χ3n) is 3.95. The van der Waals surface area contributed by atoms with Crippen molar-refractivity contribution in [1.29, 1.82) is 0 Å². The molecule has 21 heavy (non-hydrogen) atoms. The van der Waals surface area contributed by atoms with Crippen LogP contribution in [0.1, 0.15) is 26.0 Å². The minimum Gasteiger partial charge on any atom is -0.486 e. The number of H-pyrrole nitrogens is 1. The van der Waals surface area contributed by atoms with Gasteiger partial charge in [0.05, 0.1) is 0 Å². The first-order chi connectivity index (χ1) is 10.2. The van der Waals surface area contributed by atoms with E-state index in [1.807, 2.05) is 18.2 Å². The molecule has 112 valence electrons. The number of aromatic amines is 1. The van der Waals surface area contributed by atoms with Crippen LogP contribution in [0, 0.1) is 5.92 Å². The number of nitrogens with one attached hydrogen (secondary N) is 1. The van der Waals surface area contributed by atoms with Gasteiger partial charge in [0.1, 0.15) is 13.2 Å². The highest BCUT2D eigenvalue weighted by molar-refractivity contribution is 5.78. The van der Waals surface area contributed by atoms with Crippen molar-refractivity contribution in [3.8, 4) is 22.6 Å². The highest BCUT2D eigenvalue weighted by atomic mass is 16.6. The van der Waals surface area contributed by atoms with Crippen LogP contribution < -0.4 is 15.2 Å². The molecule has 5 nitrogen and oxygen atoms in total. The van der Waals surface area contributed by atoms with E-state index in [4.69, 9.17) is 15.2 Å². The van der Waals surface area contributed by atoms with Crippen molar-refractivity contribution < 1.29 is 9.47 Å². The van der Waals surface area contributed by atoms with Gasteiger partial charge in [-0.25, -0.2) is 0 Å². The lowest BCUT2D eigenvalue weighted by Gasteiger charge is -2.19. The number of anilines is 1. The smallest absolute Gasteiger partial charge is 0.161 e. The number of hydrogen-bond donors (Lipinski definition) is 2. The molecular formula is C16H21N3O2. The first-order valence-electron chi connectivity index (χ1n) is 7.41. The first kappa shape index (κ1) is 13.8. The summed E-state index contributed by atoms with van der Waals surface area (Å²) in [5, 5.41) is 7.24. The Morgan fingerprint density at radius 2 is 2.05 bits per heavy atom. The minimum absolute atomic E-state index is 0.532. The van der Waals surface area contributed by atoms with Gasteiger partial charge in [0.25, 0.3) is 0 Å². The van der Waals surface area contributed by atoms with Gasteiger partial charge in [0.2, 0.25) is 0 Å². The third-order valence-corrected chi connectivity index (χ3v) is 3.95. The second-order valence-corrected chi connectivity index (χ2v) is 5.54. The summed E-state index contributed by atoms with van der Waals surface area (Å²) in [5.41, 5.74) is 9.13. The topological polar surface area (TPSA) is 73.2 Å². The van der Waals surface area contributed by atoms with Crippen molar-refractivity contribution in [2.45, 2.75) is 26.7 Å². The molecule has 3 rings (SSSR count). The number of ether oxygens (including phenoxy) is 2. The maximum absolute atomic E-state index is 6.05. The van der Waals surface area contributed by atoms with Crippen molar-refractivity contribution in [3.63, 3.8) is 0 Å². The molecule has 0 saturated carbocycles. The van der Waals surface area contributed by atoms with Crippen LogP contribution in [0.5, 0.6) is 11.5 Å². The maximum atomic E-state index is 6.05. The molecule has 0 amide bonds. The summed E-state index contributed by atoms with van der Waals surface area (Å²) in [5.74, 6) is 2.68. The Morgan fingerprint density at radius 3 is 2.81 bits per heavy atom. The van der Waals surface area contributed by atoms with Crippen LogP contribution in [-0.2, 0) is 6.42 Å². The average Bonchev–Trinajstić information content (AvgIpc) is 2.87. The van der Waals surface area contributed by atoms with Gasteiger partial charge in [-0.2, -0.15) is 5.10 Å². The van der Waals surface area contributed by atoms with Crippen LogP contribution in [-0.4, -0.2) is 23.4 Å². The molecule has 1 aliphatic rings. The Labute approximate surface area is 124 Å². The zero-order valence-electron chi connectivity index (χ0n) is 12.5. The van der Waals surface area contributed by atoms with Crippen molar-refractivity contribution in [3.05, 3.63) is 23.9 Å². The summed E-state index contributed by atoms with van der Waals surface area (Å²) in [6.07, 6.45) is 2.06. The molecule has 0 bridgehead atoms. The number of fused-ring (bicyclic) bond motifs is 1. The highest BCUT2D eigenvalue weighted by Crippen LogP contribution is 2.37.